The number of amides is 1. The Labute approximate surface area is 165 Å². The highest BCUT2D eigenvalue weighted by molar-refractivity contribution is 7.18. The first-order valence-corrected chi connectivity index (χ1v) is 9.94. The van der Waals surface area contributed by atoms with Gasteiger partial charge in [-0.3, -0.25) is 9.78 Å². The number of nitrogens with zero attached hydrogens (tertiary/aromatic N) is 5. The summed E-state index contributed by atoms with van der Waals surface area (Å²) < 4.78 is 6.88. The molecule has 0 radical (unpaired) electrons. The molecule has 7 nitrogen and oxygen atoms in total. The minimum absolute atomic E-state index is 0.0203. The Bertz CT molecular complexity index is 1150. The number of likely N-dealkylation sites (tertiary alicyclic amines) is 1. The molecule has 1 fully saturated rings. The van der Waals surface area contributed by atoms with E-state index in [0.29, 0.717) is 29.6 Å². The fourth-order valence-corrected chi connectivity index (χ4v) is 4.43. The average molecular weight is 391 g/mol. The normalized spacial score (nSPS) is 16.8. The van der Waals surface area contributed by atoms with Gasteiger partial charge in [-0.15, -0.1) is 21.5 Å². The third kappa shape index (κ3) is 2.95. The lowest BCUT2D eigenvalue weighted by Crippen LogP contribution is -2.30. The van der Waals surface area contributed by atoms with Gasteiger partial charge in [0, 0.05) is 18.3 Å². The van der Waals surface area contributed by atoms with Gasteiger partial charge in [-0.1, -0.05) is 6.07 Å². The lowest BCUT2D eigenvalue weighted by Gasteiger charge is -2.22. The van der Waals surface area contributed by atoms with Crippen LogP contribution in [-0.2, 0) is 0 Å². The van der Waals surface area contributed by atoms with Crippen LogP contribution in [0.5, 0.6) is 0 Å². The molecule has 28 heavy (non-hydrogen) atoms. The number of pyridine rings is 1. The van der Waals surface area contributed by atoms with Gasteiger partial charge in [0.15, 0.2) is 0 Å². The van der Waals surface area contributed by atoms with Gasteiger partial charge in [0.25, 0.3) is 11.8 Å². The van der Waals surface area contributed by atoms with Crippen LogP contribution in [-0.4, -0.2) is 37.5 Å². The third-order valence-corrected chi connectivity index (χ3v) is 5.80. The number of benzene rings is 1. The molecular formula is C20H17N5O2S. The van der Waals surface area contributed by atoms with Crippen molar-refractivity contribution < 1.29 is 9.21 Å². The van der Waals surface area contributed by atoms with E-state index in [9.17, 15) is 4.79 Å². The van der Waals surface area contributed by atoms with Crippen LogP contribution < -0.4 is 0 Å². The van der Waals surface area contributed by atoms with Gasteiger partial charge >= 0.3 is 0 Å². The number of fused-ring (bicyclic) bond motifs is 1. The monoisotopic (exact) mass is 391 g/mol. The first-order valence-electron chi connectivity index (χ1n) is 9.12. The summed E-state index contributed by atoms with van der Waals surface area (Å²) in [6.45, 7) is 2.64. The summed E-state index contributed by atoms with van der Waals surface area (Å²) in [6.07, 6.45) is 3.39. The highest BCUT2D eigenvalue weighted by Crippen LogP contribution is 2.34. The Morgan fingerprint density at radius 2 is 2.18 bits per heavy atom. The van der Waals surface area contributed by atoms with Crippen LogP contribution in [0.3, 0.4) is 0 Å². The lowest BCUT2D eigenvalue weighted by molar-refractivity contribution is 0.0716. The van der Waals surface area contributed by atoms with Crippen LogP contribution >= 0.6 is 11.3 Å². The molecule has 1 saturated heterocycles. The fourth-order valence-electron chi connectivity index (χ4n) is 3.57. The van der Waals surface area contributed by atoms with E-state index in [2.05, 4.69) is 20.2 Å². The van der Waals surface area contributed by atoms with Gasteiger partial charge in [0.05, 0.1) is 15.2 Å². The number of rotatable bonds is 3. The lowest BCUT2D eigenvalue weighted by atomic mass is 10.1. The van der Waals surface area contributed by atoms with Crippen molar-refractivity contribution in [2.45, 2.75) is 25.8 Å². The Morgan fingerprint density at radius 1 is 1.25 bits per heavy atom. The number of hydrogen-bond acceptors (Lipinski definition) is 7. The van der Waals surface area contributed by atoms with Crippen molar-refractivity contribution in [3.05, 3.63) is 59.1 Å². The molecule has 1 atom stereocenters. The summed E-state index contributed by atoms with van der Waals surface area (Å²) in [5.41, 5.74) is 2.21. The van der Waals surface area contributed by atoms with E-state index in [1.54, 1.807) is 17.5 Å². The first-order chi connectivity index (χ1) is 13.7. The number of hydrogen-bond donors (Lipinski definition) is 0. The van der Waals surface area contributed by atoms with E-state index in [1.165, 1.54) is 0 Å². The van der Waals surface area contributed by atoms with Crippen molar-refractivity contribution >= 4 is 27.5 Å². The third-order valence-electron chi connectivity index (χ3n) is 4.87. The largest absolute Gasteiger partial charge is 0.417 e. The second-order valence-corrected chi connectivity index (χ2v) is 7.97. The van der Waals surface area contributed by atoms with Crippen LogP contribution in [0.2, 0.25) is 0 Å². The Hall–Kier alpha value is -3.13. The zero-order valence-corrected chi connectivity index (χ0v) is 16.0. The van der Waals surface area contributed by atoms with Crippen molar-refractivity contribution in [1.29, 1.82) is 0 Å². The number of carbonyl (C=O) groups is 1. The highest BCUT2D eigenvalue weighted by Gasteiger charge is 2.34. The molecule has 4 aromatic rings. The maximum absolute atomic E-state index is 13.2. The smallest absolute Gasteiger partial charge is 0.266 e. The van der Waals surface area contributed by atoms with Gasteiger partial charge in [-0.2, -0.15) is 0 Å². The van der Waals surface area contributed by atoms with Crippen molar-refractivity contribution in [3.63, 3.8) is 0 Å². The van der Waals surface area contributed by atoms with E-state index < -0.39 is 0 Å². The van der Waals surface area contributed by atoms with Gasteiger partial charge in [0.2, 0.25) is 5.89 Å². The van der Waals surface area contributed by atoms with Crippen LogP contribution in [0.4, 0.5) is 0 Å². The molecule has 0 saturated carbocycles. The fraction of sp³-hybridized carbons (Fsp3) is 0.250. The molecule has 1 aliphatic heterocycles. The second kappa shape index (κ2) is 6.79. The summed E-state index contributed by atoms with van der Waals surface area (Å²) in [6, 6.07) is 11.0. The molecule has 5 rings (SSSR count). The minimum Gasteiger partial charge on any atom is -0.417 e. The molecule has 1 aliphatic rings. The molecule has 140 valence electrons. The van der Waals surface area contributed by atoms with E-state index in [-0.39, 0.29) is 11.9 Å². The van der Waals surface area contributed by atoms with Crippen LogP contribution in [0.25, 0.3) is 21.8 Å². The Kier molecular flexibility index (Phi) is 4.12. The van der Waals surface area contributed by atoms with E-state index in [1.807, 2.05) is 48.2 Å². The molecule has 4 heterocycles. The summed E-state index contributed by atoms with van der Waals surface area (Å²) in [4.78, 5) is 23.7. The zero-order chi connectivity index (χ0) is 19.1. The molecule has 1 unspecified atom stereocenters. The standard InChI is InChI=1S/C20H17N5O2S/c1-12-22-14-8-7-13(11-17(14)28-12)20(26)25-10-4-6-16(25)19-24-23-18(27-19)15-5-2-3-9-21-15/h2-3,5,7-9,11,16H,4,6,10H2,1H3. The molecule has 0 bridgehead atoms. The Morgan fingerprint density at radius 3 is 3.04 bits per heavy atom. The SMILES string of the molecule is Cc1nc2ccc(C(=O)N3CCCC3c3nnc(-c4ccccn4)o3)cc2s1. The van der Waals surface area contributed by atoms with Crippen molar-refractivity contribution in [2.75, 3.05) is 6.54 Å². The summed E-state index contributed by atoms with van der Waals surface area (Å²) >= 11 is 1.59. The number of aryl methyl sites for hydroxylation is 1. The van der Waals surface area contributed by atoms with Gasteiger partial charge < -0.3 is 9.32 Å². The molecule has 0 N–H and O–H groups in total. The van der Waals surface area contributed by atoms with E-state index in [0.717, 1.165) is 28.1 Å². The summed E-state index contributed by atoms with van der Waals surface area (Å²) in [5, 5.41) is 9.31. The van der Waals surface area contributed by atoms with Crippen molar-refractivity contribution in [2.24, 2.45) is 0 Å². The van der Waals surface area contributed by atoms with Gasteiger partial charge in [0.1, 0.15) is 11.7 Å². The minimum atomic E-state index is -0.212. The number of aromatic nitrogens is 4. The summed E-state index contributed by atoms with van der Waals surface area (Å²) in [5.74, 6) is 0.811. The van der Waals surface area contributed by atoms with Crippen LogP contribution in [0.1, 0.15) is 40.1 Å². The van der Waals surface area contributed by atoms with Crippen LogP contribution in [0, 0.1) is 6.92 Å². The molecule has 8 heteroatoms. The average Bonchev–Trinajstić information content (AvgIpc) is 3.45. The quantitative estimate of drug-likeness (QED) is 0.524. The maximum atomic E-state index is 13.2. The highest BCUT2D eigenvalue weighted by atomic mass is 32.1. The topological polar surface area (TPSA) is 85.0 Å². The van der Waals surface area contributed by atoms with E-state index in [4.69, 9.17) is 4.42 Å². The predicted octanol–water partition coefficient (Wildman–Crippen LogP) is 4.03. The second-order valence-electron chi connectivity index (χ2n) is 6.73. The Balaban J connectivity index is 1.43. The predicted molar refractivity (Wildman–Crippen MR) is 105 cm³/mol. The van der Waals surface area contributed by atoms with Crippen LogP contribution in [0.15, 0.2) is 47.0 Å². The molecular weight excluding hydrogens is 374 g/mol. The van der Waals surface area contributed by atoms with Gasteiger partial charge in [-0.05, 0) is 50.1 Å². The number of thiazole rings is 1. The van der Waals surface area contributed by atoms with Crippen molar-refractivity contribution in [3.8, 4) is 11.6 Å². The van der Waals surface area contributed by atoms with E-state index >= 15 is 0 Å². The maximum Gasteiger partial charge on any atom is 0.266 e. The molecule has 1 aromatic carbocycles. The molecule has 1 amide bonds. The first kappa shape index (κ1) is 17.0. The molecule has 0 spiro atoms. The van der Waals surface area contributed by atoms with Crippen molar-refractivity contribution in [1.82, 2.24) is 25.1 Å². The zero-order valence-electron chi connectivity index (χ0n) is 15.2. The molecule has 0 aliphatic carbocycles. The summed E-state index contributed by atoms with van der Waals surface area (Å²) in [7, 11) is 0. The molecule has 3 aromatic heterocycles. The number of carbonyl (C=O) groups excluding carboxylic acids is 1. The van der Waals surface area contributed by atoms with Gasteiger partial charge in [-0.25, -0.2) is 4.98 Å².